The molecule has 0 aliphatic carbocycles. The molecule has 1 atom stereocenters. The number of benzene rings is 2. The third-order valence-electron chi connectivity index (χ3n) is 3.05. The van der Waals surface area contributed by atoms with E-state index < -0.39 is 21.5 Å². The van der Waals surface area contributed by atoms with Crippen LogP contribution in [-0.4, -0.2) is 14.7 Å². The highest BCUT2D eigenvalue weighted by Gasteiger charge is 2.10. The molecular formula is C15H15F2NO2S. The van der Waals surface area contributed by atoms with E-state index in [1.165, 1.54) is 24.3 Å². The van der Waals surface area contributed by atoms with E-state index in [0.717, 1.165) is 12.3 Å². The van der Waals surface area contributed by atoms with Crippen LogP contribution in [0.1, 0.15) is 18.5 Å². The van der Waals surface area contributed by atoms with Gasteiger partial charge < -0.3 is 5.32 Å². The summed E-state index contributed by atoms with van der Waals surface area (Å²) in [5, 5.41) is 3.06. The van der Waals surface area contributed by atoms with Crippen LogP contribution in [0.4, 0.5) is 14.5 Å². The Morgan fingerprint density at radius 2 is 1.52 bits per heavy atom. The second kappa shape index (κ2) is 5.81. The first kappa shape index (κ1) is 15.4. The number of nitrogens with one attached hydrogen (secondary N) is 1. The van der Waals surface area contributed by atoms with Crippen LogP contribution in [0, 0.1) is 11.6 Å². The largest absolute Gasteiger partial charge is 0.379 e. The van der Waals surface area contributed by atoms with E-state index in [-0.39, 0.29) is 10.9 Å². The van der Waals surface area contributed by atoms with Crippen LogP contribution in [-0.2, 0) is 9.84 Å². The Morgan fingerprint density at radius 1 is 1.00 bits per heavy atom. The Morgan fingerprint density at radius 3 is 2.00 bits per heavy atom. The standard InChI is InChI=1S/C15H15F2NO2S/c1-10(11-7-12(16)9-13(17)8-11)18-14-3-5-15(6-4-14)21(2,19)20/h3-10,18H,1-2H3. The van der Waals surface area contributed by atoms with Crippen LogP contribution >= 0.6 is 0 Å². The minimum absolute atomic E-state index is 0.220. The summed E-state index contributed by atoms with van der Waals surface area (Å²) in [4.78, 5) is 0.220. The van der Waals surface area contributed by atoms with Gasteiger partial charge in [0, 0.05) is 24.1 Å². The van der Waals surface area contributed by atoms with Gasteiger partial charge in [0.1, 0.15) is 11.6 Å². The van der Waals surface area contributed by atoms with Gasteiger partial charge in [0.15, 0.2) is 9.84 Å². The molecule has 0 aliphatic heterocycles. The molecule has 2 rings (SSSR count). The molecule has 0 bridgehead atoms. The number of sulfone groups is 1. The average Bonchev–Trinajstić information content (AvgIpc) is 2.37. The van der Waals surface area contributed by atoms with E-state index in [4.69, 9.17) is 0 Å². The summed E-state index contributed by atoms with van der Waals surface area (Å²) in [6, 6.07) is 9.20. The second-order valence-electron chi connectivity index (χ2n) is 4.87. The van der Waals surface area contributed by atoms with Gasteiger partial charge in [0.05, 0.1) is 4.90 Å². The lowest BCUT2D eigenvalue weighted by molar-refractivity contribution is 0.577. The highest BCUT2D eigenvalue weighted by atomic mass is 32.2. The molecule has 21 heavy (non-hydrogen) atoms. The molecule has 3 nitrogen and oxygen atoms in total. The first-order valence-electron chi connectivity index (χ1n) is 6.28. The lowest BCUT2D eigenvalue weighted by Gasteiger charge is -2.16. The summed E-state index contributed by atoms with van der Waals surface area (Å²) in [5.41, 5.74) is 1.14. The lowest BCUT2D eigenvalue weighted by Crippen LogP contribution is -2.07. The van der Waals surface area contributed by atoms with Gasteiger partial charge in [0.2, 0.25) is 0 Å². The average molecular weight is 311 g/mol. The summed E-state index contributed by atoms with van der Waals surface area (Å²) >= 11 is 0. The Labute approximate surface area is 122 Å². The predicted molar refractivity (Wildman–Crippen MR) is 77.9 cm³/mol. The van der Waals surface area contributed by atoms with Crippen LogP contribution < -0.4 is 5.32 Å². The smallest absolute Gasteiger partial charge is 0.175 e. The van der Waals surface area contributed by atoms with Crippen molar-refractivity contribution in [2.45, 2.75) is 17.9 Å². The van der Waals surface area contributed by atoms with Crippen LogP contribution in [0.15, 0.2) is 47.4 Å². The molecule has 0 fully saturated rings. The maximum atomic E-state index is 13.2. The quantitative estimate of drug-likeness (QED) is 0.939. The highest BCUT2D eigenvalue weighted by molar-refractivity contribution is 7.90. The van der Waals surface area contributed by atoms with Gasteiger partial charge in [-0.15, -0.1) is 0 Å². The van der Waals surface area contributed by atoms with Crippen molar-refractivity contribution in [1.29, 1.82) is 0 Å². The van der Waals surface area contributed by atoms with E-state index in [0.29, 0.717) is 11.3 Å². The third-order valence-corrected chi connectivity index (χ3v) is 4.18. The van der Waals surface area contributed by atoms with Gasteiger partial charge in [-0.3, -0.25) is 0 Å². The third kappa shape index (κ3) is 4.01. The molecule has 0 aliphatic rings. The Bertz CT molecular complexity index is 723. The van der Waals surface area contributed by atoms with Gasteiger partial charge in [0.25, 0.3) is 0 Å². The molecule has 112 valence electrons. The number of hydrogen-bond donors (Lipinski definition) is 1. The van der Waals surface area contributed by atoms with Gasteiger partial charge >= 0.3 is 0 Å². The number of halogens is 2. The minimum atomic E-state index is -3.24. The first-order chi connectivity index (χ1) is 9.75. The summed E-state index contributed by atoms with van der Waals surface area (Å²) < 4.78 is 49.1. The van der Waals surface area contributed by atoms with E-state index >= 15 is 0 Å². The zero-order valence-corrected chi connectivity index (χ0v) is 12.4. The molecule has 1 N–H and O–H groups in total. The molecule has 2 aromatic rings. The molecule has 0 saturated heterocycles. The summed E-state index contributed by atoms with van der Waals surface area (Å²) in [5.74, 6) is -1.27. The summed E-state index contributed by atoms with van der Waals surface area (Å²) in [7, 11) is -3.24. The van der Waals surface area contributed by atoms with Gasteiger partial charge in [-0.05, 0) is 48.9 Å². The van der Waals surface area contributed by atoms with Crippen molar-refractivity contribution < 1.29 is 17.2 Å². The van der Waals surface area contributed by atoms with Crippen molar-refractivity contribution in [1.82, 2.24) is 0 Å². The van der Waals surface area contributed by atoms with Crippen LogP contribution in [0.3, 0.4) is 0 Å². The summed E-state index contributed by atoms with van der Waals surface area (Å²) in [6.45, 7) is 1.76. The fraction of sp³-hybridized carbons (Fsp3) is 0.200. The zero-order valence-electron chi connectivity index (χ0n) is 11.6. The molecule has 0 radical (unpaired) electrons. The Hall–Kier alpha value is -1.95. The summed E-state index contributed by atoms with van der Waals surface area (Å²) in [6.07, 6.45) is 1.13. The van der Waals surface area contributed by atoms with E-state index in [1.54, 1.807) is 19.1 Å². The fourth-order valence-corrected chi connectivity index (χ4v) is 2.59. The SMILES string of the molecule is CC(Nc1ccc(S(C)(=O)=O)cc1)c1cc(F)cc(F)c1. The van der Waals surface area contributed by atoms with Crippen molar-refractivity contribution in [3.63, 3.8) is 0 Å². The molecule has 0 spiro atoms. The van der Waals surface area contributed by atoms with Crippen molar-refractivity contribution in [3.05, 3.63) is 59.7 Å². The molecule has 1 unspecified atom stereocenters. The molecule has 0 heterocycles. The van der Waals surface area contributed by atoms with E-state index in [1.807, 2.05) is 0 Å². The highest BCUT2D eigenvalue weighted by Crippen LogP contribution is 2.22. The molecular weight excluding hydrogens is 296 g/mol. The molecule has 6 heteroatoms. The van der Waals surface area contributed by atoms with Crippen LogP contribution in [0.25, 0.3) is 0 Å². The van der Waals surface area contributed by atoms with Crippen LogP contribution in [0.2, 0.25) is 0 Å². The molecule has 0 saturated carbocycles. The topological polar surface area (TPSA) is 46.2 Å². The fourth-order valence-electron chi connectivity index (χ4n) is 1.96. The number of rotatable bonds is 4. The van der Waals surface area contributed by atoms with Crippen molar-refractivity contribution in [2.24, 2.45) is 0 Å². The minimum Gasteiger partial charge on any atom is -0.379 e. The Balaban J connectivity index is 2.17. The Kier molecular flexibility index (Phi) is 4.27. The van der Waals surface area contributed by atoms with Crippen molar-refractivity contribution in [2.75, 3.05) is 11.6 Å². The van der Waals surface area contributed by atoms with Gasteiger partial charge in [-0.25, -0.2) is 17.2 Å². The van der Waals surface area contributed by atoms with E-state index in [9.17, 15) is 17.2 Å². The van der Waals surface area contributed by atoms with Gasteiger partial charge in [-0.2, -0.15) is 0 Å². The van der Waals surface area contributed by atoms with Crippen LogP contribution in [0.5, 0.6) is 0 Å². The van der Waals surface area contributed by atoms with E-state index in [2.05, 4.69) is 5.32 Å². The number of hydrogen-bond acceptors (Lipinski definition) is 3. The monoisotopic (exact) mass is 311 g/mol. The predicted octanol–water partition coefficient (Wildman–Crippen LogP) is 3.54. The maximum Gasteiger partial charge on any atom is 0.175 e. The van der Waals surface area contributed by atoms with Crippen molar-refractivity contribution in [3.8, 4) is 0 Å². The molecule has 0 amide bonds. The molecule has 2 aromatic carbocycles. The number of anilines is 1. The first-order valence-corrected chi connectivity index (χ1v) is 8.17. The van der Waals surface area contributed by atoms with Crippen molar-refractivity contribution >= 4 is 15.5 Å². The molecule has 0 aromatic heterocycles. The second-order valence-corrected chi connectivity index (χ2v) is 6.88. The maximum absolute atomic E-state index is 13.2. The normalized spacial score (nSPS) is 13.0. The zero-order chi connectivity index (χ0) is 15.6. The lowest BCUT2D eigenvalue weighted by atomic mass is 10.1. The van der Waals surface area contributed by atoms with Gasteiger partial charge in [-0.1, -0.05) is 0 Å².